The molecule has 4 nitrogen and oxygen atoms in total. The number of carbonyl (C=O) groups is 2. The van der Waals surface area contributed by atoms with Crippen molar-refractivity contribution in [1.29, 1.82) is 0 Å². The van der Waals surface area contributed by atoms with Gasteiger partial charge in [0.1, 0.15) is 6.04 Å². The van der Waals surface area contributed by atoms with Gasteiger partial charge >= 0.3 is 0 Å². The van der Waals surface area contributed by atoms with E-state index < -0.39 is 6.04 Å². The maximum absolute atomic E-state index is 13.6. The molecule has 0 aliphatic heterocycles. The Kier molecular flexibility index (Phi) is 11.2. The van der Waals surface area contributed by atoms with Gasteiger partial charge in [-0.2, -0.15) is 0 Å². The molecule has 7 heteroatoms. The molecule has 36 heavy (non-hydrogen) atoms. The Morgan fingerprint density at radius 1 is 0.917 bits per heavy atom. The number of nitrogens with zero attached hydrogens (tertiary/aromatic N) is 1. The van der Waals surface area contributed by atoms with Crippen LogP contribution in [0.5, 0.6) is 0 Å². The number of benzene rings is 3. The van der Waals surface area contributed by atoms with Crippen molar-refractivity contribution in [2.45, 2.75) is 45.0 Å². The van der Waals surface area contributed by atoms with Crippen molar-refractivity contribution in [3.63, 3.8) is 0 Å². The molecule has 3 aromatic rings. The van der Waals surface area contributed by atoms with Crippen LogP contribution >= 0.6 is 35.0 Å². The van der Waals surface area contributed by atoms with Crippen LogP contribution in [0.2, 0.25) is 10.0 Å². The topological polar surface area (TPSA) is 49.4 Å². The minimum Gasteiger partial charge on any atom is -0.354 e. The third-order valence-electron chi connectivity index (χ3n) is 5.77. The Morgan fingerprint density at radius 2 is 1.61 bits per heavy atom. The van der Waals surface area contributed by atoms with Gasteiger partial charge in [0, 0.05) is 25.3 Å². The fraction of sp³-hybridized carbons (Fsp3) is 0.310. The molecule has 0 bridgehead atoms. The van der Waals surface area contributed by atoms with Gasteiger partial charge in [-0.05, 0) is 42.2 Å². The lowest BCUT2D eigenvalue weighted by Crippen LogP contribution is -2.51. The summed E-state index contributed by atoms with van der Waals surface area (Å²) in [5.74, 6) is 0.739. The summed E-state index contributed by atoms with van der Waals surface area (Å²) in [6, 6.07) is 22.8. The van der Waals surface area contributed by atoms with Crippen molar-refractivity contribution in [3.8, 4) is 0 Å². The van der Waals surface area contributed by atoms with E-state index in [-0.39, 0.29) is 24.1 Å². The number of amides is 2. The van der Waals surface area contributed by atoms with E-state index in [1.807, 2.05) is 43.3 Å². The zero-order valence-corrected chi connectivity index (χ0v) is 23.0. The van der Waals surface area contributed by atoms with Gasteiger partial charge in [-0.1, -0.05) is 96.4 Å². The highest BCUT2D eigenvalue weighted by molar-refractivity contribution is 7.99. The minimum atomic E-state index is -0.652. The molecule has 0 saturated heterocycles. The molecule has 2 amide bonds. The van der Waals surface area contributed by atoms with Crippen molar-refractivity contribution in [2.75, 3.05) is 12.3 Å². The van der Waals surface area contributed by atoms with Gasteiger partial charge in [0.25, 0.3) is 0 Å². The first-order valence-corrected chi connectivity index (χ1v) is 14.0. The molecule has 0 aliphatic rings. The number of hydrogen-bond acceptors (Lipinski definition) is 3. The van der Waals surface area contributed by atoms with Crippen molar-refractivity contribution in [2.24, 2.45) is 0 Å². The van der Waals surface area contributed by atoms with Crippen molar-refractivity contribution in [3.05, 3.63) is 105 Å². The van der Waals surface area contributed by atoms with E-state index in [0.29, 0.717) is 23.0 Å². The predicted octanol–water partition coefficient (Wildman–Crippen LogP) is 6.70. The Balaban J connectivity index is 1.84. The molecule has 0 spiro atoms. The van der Waals surface area contributed by atoms with Crippen LogP contribution in [0, 0.1) is 6.92 Å². The summed E-state index contributed by atoms with van der Waals surface area (Å²) < 4.78 is 0. The molecule has 0 aromatic heterocycles. The highest BCUT2D eigenvalue weighted by atomic mass is 35.5. The van der Waals surface area contributed by atoms with Crippen LogP contribution in [0.15, 0.2) is 72.8 Å². The molecule has 0 unspecified atom stereocenters. The normalized spacial score (nSPS) is 11.7. The summed E-state index contributed by atoms with van der Waals surface area (Å²) in [6.07, 6.45) is 1.24. The van der Waals surface area contributed by atoms with Crippen LogP contribution in [-0.2, 0) is 28.3 Å². The van der Waals surface area contributed by atoms with E-state index in [9.17, 15) is 9.59 Å². The Labute approximate surface area is 228 Å². The SMILES string of the molecule is CCCNC(=O)[C@@H](Cc1ccccc1)N(Cc1ccc(Cl)c(Cl)c1)C(=O)CSCc1ccc(C)cc1. The lowest BCUT2D eigenvalue weighted by molar-refractivity contribution is -0.139. The van der Waals surface area contributed by atoms with Crippen LogP contribution in [0.4, 0.5) is 0 Å². The molecular formula is C29H32Cl2N2O2S. The van der Waals surface area contributed by atoms with Gasteiger partial charge in [-0.25, -0.2) is 0 Å². The largest absolute Gasteiger partial charge is 0.354 e. The standard InChI is InChI=1S/C29H32Cl2N2O2S/c1-3-15-32-29(35)27(17-22-7-5-4-6-8-22)33(18-24-13-14-25(30)26(31)16-24)28(34)20-36-19-23-11-9-21(2)10-12-23/h4-14,16,27H,3,15,17-20H2,1-2H3,(H,32,35)/t27-/m1/s1. The summed E-state index contributed by atoms with van der Waals surface area (Å²) in [4.78, 5) is 28.6. The molecule has 0 radical (unpaired) electrons. The average molecular weight is 544 g/mol. The highest BCUT2D eigenvalue weighted by Gasteiger charge is 2.30. The third kappa shape index (κ3) is 8.58. The molecular weight excluding hydrogens is 511 g/mol. The van der Waals surface area contributed by atoms with Crippen LogP contribution in [-0.4, -0.2) is 35.1 Å². The first kappa shape index (κ1) is 28.1. The summed E-state index contributed by atoms with van der Waals surface area (Å²) in [7, 11) is 0. The first-order chi connectivity index (χ1) is 17.4. The fourth-order valence-corrected chi connectivity index (χ4v) is 4.97. The molecule has 1 atom stereocenters. The summed E-state index contributed by atoms with van der Waals surface area (Å²) in [6.45, 7) is 4.88. The second-order valence-electron chi connectivity index (χ2n) is 8.75. The van der Waals surface area contributed by atoms with E-state index in [4.69, 9.17) is 23.2 Å². The van der Waals surface area contributed by atoms with Crippen molar-refractivity contribution in [1.82, 2.24) is 10.2 Å². The van der Waals surface area contributed by atoms with Crippen LogP contribution < -0.4 is 5.32 Å². The van der Waals surface area contributed by atoms with E-state index >= 15 is 0 Å². The maximum Gasteiger partial charge on any atom is 0.243 e. The Bertz CT molecular complexity index is 1140. The van der Waals surface area contributed by atoms with E-state index in [1.54, 1.807) is 28.8 Å². The highest BCUT2D eigenvalue weighted by Crippen LogP contribution is 2.25. The predicted molar refractivity (Wildman–Crippen MR) is 152 cm³/mol. The summed E-state index contributed by atoms with van der Waals surface area (Å²) in [5.41, 5.74) is 4.18. The molecule has 3 aromatic carbocycles. The number of aryl methyl sites for hydroxylation is 1. The zero-order chi connectivity index (χ0) is 25.9. The van der Waals surface area contributed by atoms with Crippen molar-refractivity contribution >= 4 is 46.8 Å². The summed E-state index contributed by atoms with van der Waals surface area (Å²) >= 11 is 13.9. The molecule has 0 saturated carbocycles. The van der Waals surface area contributed by atoms with Gasteiger partial charge in [0.05, 0.1) is 15.8 Å². The number of nitrogens with one attached hydrogen (secondary N) is 1. The van der Waals surface area contributed by atoms with Gasteiger partial charge in [0.2, 0.25) is 11.8 Å². The second kappa shape index (κ2) is 14.3. The Morgan fingerprint density at radius 3 is 2.28 bits per heavy atom. The molecule has 0 heterocycles. The van der Waals surface area contributed by atoms with E-state index in [2.05, 4.69) is 36.5 Å². The monoisotopic (exact) mass is 542 g/mol. The van der Waals surface area contributed by atoms with Crippen LogP contribution in [0.25, 0.3) is 0 Å². The van der Waals surface area contributed by atoms with E-state index in [0.717, 1.165) is 28.9 Å². The quantitative estimate of drug-likeness (QED) is 0.277. The molecule has 190 valence electrons. The number of thioether (sulfide) groups is 1. The smallest absolute Gasteiger partial charge is 0.243 e. The van der Waals surface area contributed by atoms with Crippen LogP contribution in [0.1, 0.15) is 35.6 Å². The number of rotatable bonds is 12. The number of hydrogen-bond donors (Lipinski definition) is 1. The van der Waals surface area contributed by atoms with Gasteiger partial charge in [0.15, 0.2) is 0 Å². The minimum absolute atomic E-state index is 0.0919. The maximum atomic E-state index is 13.6. The molecule has 1 N–H and O–H groups in total. The number of halogens is 2. The third-order valence-corrected chi connectivity index (χ3v) is 7.50. The number of carbonyl (C=O) groups excluding carboxylic acids is 2. The first-order valence-electron chi connectivity index (χ1n) is 12.1. The van der Waals surface area contributed by atoms with Gasteiger partial charge < -0.3 is 10.2 Å². The van der Waals surface area contributed by atoms with Crippen molar-refractivity contribution < 1.29 is 9.59 Å². The van der Waals surface area contributed by atoms with E-state index in [1.165, 1.54) is 5.56 Å². The van der Waals surface area contributed by atoms with Gasteiger partial charge in [-0.3, -0.25) is 9.59 Å². The Hall–Kier alpha value is -2.47. The fourth-order valence-electron chi connectivity index (χ4n) is 3.78. The lowest BCUT2D eigenvalue weighted by Gasteiger charge is -2.31. The molecule has 0 fully saturated rings. The average Bonchev–Trinajstić information content (AvgIpc) is 2.88. The van der Waals surface area contributed by atoms with Gasteiger partial charge in [-0.15, -0.1) is 11.8 Å². The summed E-state index contributed by atoms with van der Waals surface area (Å²) in [5, 5.41) is 3.87. The zero-order valence-electron chi connectivity index (χ0n) is 20.7. The molecule has 0 aliphatic carbocycles. The molecule has 3 rings (SSSR count). The second-order valence-corrected chi connectivity index (χ2v) is 10.5. The lowest BCUT2D eigenvalue weighted by atomic mass is 10.0. The van der Waals surface area contributed by atoms with Crippen LogP contribution in [0.3, 0.4) is 0 Å².